The molecule has 0 atom stereocenters. The van der Waals surface area contributed by atoms with E-state index in [1.165, 1.54) is 0 Å². The fourth-order valence-electron chi connectivity index (χ4n) is 3.01. The summed E-state index contributed by atoms with van der Waals surface area (Å²) in [4.78, 5) is 23.1. The third-order valence-electron chi connectivity index (χ3n) is 4.13. The van der Waals surface area contributed by atoms with Crippen molar-refractivity contribution >= 4 is 11.9 Å². The summed E-state index contributed by atoms with van der Waals surface area (Å²) in [6.45, 7) is 1.04. The molecular weight excluding hydrogens is 300 g/mol. The van der Waals surface area contributed by atoms with Gasteiger partial charge < -0.3 is 10.6 Å². The van der Waals surface area contributed by atoms with Gasteiger partial charge in [-0.05, 0) is 5.56 Å². The molecule has 2 heterocycles. The highest BCUT2D eigenvalue weighted by atomic mass is 16.2. The molecule has 0 saturated heterocycles. The zero-order valence-electron chi connectivity index (χ0n) is 13.0. The highest BCUT2D eigenvalue weighted by Gasteiger charge is 2.32. The quantitative estimate of drug-likeness (QED) is 0.806. The van der Waals surface area contributed by atoms with Crippen LogP contribution in [0.15, 0.2) is 60.7 Å². The highest BCUT2D eigenvalue weighted by molar-refractivity contribution is 5.98. The molecule has 1 aliphatic heterocycles. The van der Waals surface area contributed by atoms with Crippen molar-refractivity contribution < 1.29 is 4.79 Å². The SMILES string of the molecule is Nc1nc2c(c(-c3ccccc3)n1)CN(Cc1ccccc1)C2=O. The van der Waals surface area contributed by atoms with Gasteiger partial charge in [0.05, 0.1) is 12.2 Å². The lowest BCUT2D eigenvalue weighted by molar-refractivity contribution is 0.0762. The van der Waals surface area contributed by atoms with Gasteiger partial charge in [-0.15, -0.1) is 0 Å². The molecule has 24 heavy (non-hydrogen) atoms. The number of hydrogen-bond acceptors (Lipinski definition) is 4. The van der Waals surface area contributed by atoms with Crippen molar-refractivity contribution in [2.75, 3.05) is 5.73 Å². The Kier molecular flexibility index (Phi) is 3.46. The Hall–Kier alpha value is -3.21. The predicted octanol–water partition coefficient (Wildman–Crippen LogP) is 2.88. The predicted molar refractivity (Wildman–Crippen MR) is 91.9 cm³/mol. The lowest BCUT2D eigenvalue weighted by Gasteiger charge is -2.15. The maximum absolute atomic E-state index is 12.7. The van der Waals surface area contributed by atoms with Crippen LogP contribution in [-0.2, 0) is 13.1 Å². The van der Waals surface area contributed by atoms with E-state index in [1.54, 1.807) is 4.90 Å². The minimum atomic E-state index is -0.0971. The smallest absolute Gasteiger partial charge is 0.273 e. The van der Waals surface area contributed by atoms with Gasteiger partial charge in [-0.3, -0.25) is 4.79 Å². The number of nitrogens with zero attached hydrogens (tertiary/aromatic N) is 3. The maximum Gasteiger partial charge on any atom is 0.273 e. The highest BCUT2D eigenvalue weighted by Crippen LogP contribution is 2.31. The van der Waals surface area contributed by atoms with Crippen LogP contribution in [0, 0.1) is 0 Å². The monoisotopic (exact) mass is 316 g/mol. The van der Waals surface area contributed by atoms with Crippen LogP contribution >= 0.6 is 0 Å². The van der Waals surface area contributed by atoms with Gasteiger partial charge in [-0.1, -0.05) is 60.7 Å². The molecule has 0 spiro atoms. The molecule has 5 nitrogen and oxygen atoms in total. The number of nitrogens with two attached hydrogens (primary N) is 1. The molecule has 0 unspecified atom stereocenters. The summed E-state index contributed by atoms with van der Waals surface area (Å²) in [7, 11) is 0. The van der Waals surface area contributed by atoms with Gasteiger partial charge >= 0.3 is 0 Å². The van der Waals surface area contributed by atoms with E-state index < -0.39 is 0 Å². The van der Waals surface area contributed by atoms with Gasteiger partial charge in [0.25, 0.3) is 5.91 Å². The first-order chi connectivity index (χ1) is 11.7. The molecule has 0 bridgehead atoms. The molecular formula is C19H16N4O. The minimum absolute atomic E-state index is 0.0971. The van der Waals surface area contributed by atoms with Crippen LogP contribution in [0.4, 0.5) is 5.95 Å². The molecule has 4 rings (SSSR count). The standard InChI is InChI=1S/C19H16N4O/c20-19-21-16(14-9-5-2-6-10-14)15-12-23(18(24)17(15)22-19)11-13-7-3-1-4-8-13/h1-10H,11-12H2,(H2,20,21,22). The van der Waals surface area contributed by atoms with E-state index in [9.17, 15) is 4.79 Å². The van der Waals surface area contributed by atoms with Crippen LogP contribution in [0.25, 0.3) is 11.3 Å². The van der Waals surface area contributed by atoms with Crippen molar-refractivity contribution in [2.45, 2.75) is 13.1 Å². The molecule has 1 amide bonds. The van der Waals surface area contributed by atoms with E-state index in [2.05, 4.69) is 9.97 Å². The summed E-state index contributed by atoms with van der Waals surface area (Å²) in [5, 5.41) is 0. The van der Waals surface area contributed by atoms with Gasteiger partial charge in [0, 0.05) is 17.7 Å². The molecule has 2 aromatic carbocycles. The number of hydrogen-bond donors (Lipinski definition) is 1. The largest absolute Gasteiger partial charge is 0.368 e. The lowest BCUT2D eigenvalue weighted by atomic mass is 10.1. The average molecular weight is 316 g/mol. The molecule has 0 radical (unpaired) electrons. The Morgan fingerprint density at radius 2 is 1.54 bits per heavy atom. The number of carbonyl (C=O) groups excluding carboxylic acids is 1. The Labute approximate surface area is 139 Å². The molecule has 0 saturated carbocycles. The first-order valence-electron chi connectivity index (χ1n) is 7.77. The van der Waals surface area contributed by atoms with Crippen LogP contribution in [0.3, 0.4) is 0 Å². The van der Waals surface area contributed by atoms with Crippen LogP contribution in [0.5, 0.6) is 0 Å². The van der Waals surface area contributed by atoms with Gasteiger partial charge in [-0.25, -0.2) is 9.97 Å². The molecule has 1 aromatic heterocycles. The van der Waals surface area contributed by atoms with Crippen molar-refractivity contribution in [1.29, 1.82) is 0 Å². The second-order valence-corrected chi connectivity index (χ2v) is 5.77. The fraction of sp³-hybridized carbons (Fsp3) is 0.105. The van der Waals surface area contributed by atoms with Crippen LogP contribution < -0.4 is 5.73 Å². The van der Waals surface area contributed by atoms with Gasteiger partial charge in [0.1, 0.15) is 5.69 Å². The zero-order valence-corrected chi connectivity index (χ0v) is 13.0. The Morgan fingerprint density at radius 3 is 2.25 bits per heavy atom. The van der Waals surface area contributed by atoms with E-state index in [0.29, 0.717) is 18.8 Å². The van der Waals surface area contributed by atoms with Gasteiger partial charge in [0.2, 0.25) is 5.95 Å². The molecule has 5 heteroatoms. The number of aromatic nitrogens is 2. The van der Waals surface area contributed by atoms with E-state index in [-0.39, 0.29) is 11.9 Å². The molecule has 118 valence electrons. The zero-order chi connectivity index (χ0) is 16.5. The number of amides is 1. The van der Waals surface area contributed by atoms with Gasteiger partial charge in [0.15, 0.2) is 0 Å². The van der Waals surface area contributed by atoms with Crippen LogP contribution in [0.1, 0.15) is 21.6 Å². The molecule has 3 aromatic rings. The van der Waals surface area contributed by atoms with E-state index in [4.69, 9.17) is 5.73 Å². The van der Waals surface area contributed by atoms with Crippen LogP contribution in [-0.4, -0.2) is 20.8 Å². The fourth-order valence-corrected chi connectivity index (χ4v) is 3.01. The molecule has 0 aliphatic carbocycles. The summed E-state index contributed by atoms with van der Waals surface area (Å²) < 4.78 is 0. The summed E-state index contributed by atoms with van der Waals surface area (Å²) in [5.41, 5.74) is 9.86. The van der Waals surface area contributed by atoms with E-state index in [0.717, 1.165) is 22.4 Å². The number of benzene rings is 2. The Bertz CT molecular complexity index is 894. The number of anilines is 1. The third-order valence-corrected chi connectivity index (χ3v) is 4.13. The number of fused-ring (bicyclic) bond motifs is 1. The van der Waals surface area contributed by atoms with Crippen molar-refractivity contribution in [1.82, 2.24) is 14.9 Å². The summed E-state index contributed by atoms with van der Waals surface area (Å²) in [5.74, 6) is 0.0302. The first kappa shape index (κ1) is 14.4. The summed E-state index contributed by atoms with van der Waals surface area (Å²) >= 11 is 0. The Balaban J connectivity index is 1.73. The lowest BCUT2D eigenvalue weighted by Crippen LogP contribution is -2.23. The second kappa shape index (κ2) is 5.77. The van der Waals surface area contributed by atoms with E-state index >= 15 is 0 Å². The van der Waals surface area contributed by atoms with E-state index in [1.807, 2.05) is 60.7 Å². The Morgan fingerprint density at radius 1 is 0.917 bits per heavy atom. The topological polar surface area (TPSA) is 72.1 Å². The molecule has 2 N–H and O–H groups in total. The first-order valence-corrected chi connectivity index (χ1v) is 7.77. The van der Waals surface area contributed by atoms with Crippen molar-refractivity contribution in [2.24, 2.45) is 0 Å². The third kappa shape index (κ3) is 2.50. The number of carbonyl (C=O) groups is 1. The molecule has 1 aliphatic rings. The number of nitrogen functional groups attached to an aromatic ring is 1. The van der Waals surface area contributed by atoms with Crippen molar-refractivity contribution in [3.05, 3.63) is 77.5 Å². The van der Waals surface area contributed by atoms with Crippen LogP contribution in [0.2, 0.25) is 0 Å². The van der Waals surface area contributed by atoms with Crippen molar-refractivity contribution in [3.8, 4) is 11.3 Å². The normalized spacial score (nSPS) is 13.2. The summed E-state index contributed by atoms with van der Waals surface area (Å²) in [6.07, 6.45) is 0. The second-order valence-electron chi connectivity index (χ2n) is 5.77. The van der Waals surface area contributed by atoms with Gasteiger partial charge in [-0.2, -0.15) is 0 Å². The average Bonchev–Trinajstić information content (AvgIpc) is 2.92. The number of rotatable bonds is 3. The molecule has 0 fully saturated rings. The maximum atomic E-state index is 12.7. The minimum Gasteiger partial charge on any atom is -0.368 e. The summed E-state index contributed by atoms with van der Waals surface area (Å²) in [6, 6.07) is 19.7. The van der Waals surface area contributed by atoms with Crippen molar-refractivity contribution in [3.63, 3.8) is 0 Å².